The Morgan fingerprint density at radius 3 is 2.69 bits per heavy atom. The van der Waals surface area contributed by atoms with E-state index in [0.717, 1.165) is 35.9 Å². The lowest BCUT2D eigenvalue weighted by molar-refractivity contribution is 0.0194. The fourth-order valence-electron chi connectivity index (χ4n) is 4.30. The van der Waals surface area contributed by atoms with Gasteiger partial charge in [0.15, 0.2) is 0 Å². The number of ether oxygens (including phenoxy) is 2. The number of nitrogens with zero attached hydrogens (tertiary/aromatic N) is 2. The fourth-order valence-corrected chi connectivity index (χ4v) is 4.65. The molecule has 0 atom stereocenters. The molecule has 1 aliphatic heterocycles. The number of hydrogen-bond donors (Lipinski definition) is 0. The molecular formula is C22H27BrN2O4. The first kappa shape index (κ1) is 20.6. The van der Waals surface area contributed by atoms with Crippen molar-refractivity contribution in [3.8, 4) is 0 Å². The zero-order valence-electron chi connectivity index (χ0n) is 16.6. The molecule has 0 radical (unpaired) electrons. The van der Waals surface area contributed by atoms with E-state index in [1.54, 1.807) is 12.3 Å². The molecule has 6 nitrogen and oxygen atoms in total. The van der Waals surface area contributed by atoms with E-state index in [1.807, 2.05) is 12.1 Å². The third kappa shape index (κ3) is 4.73. The van der Waals surface area contributed by atoms with E-state index in [9.17, 15) is 9.59 Å². The van der Waals surface area contributed by atoms with Crippen molar-refractivity contribution in [3.63, 3.8) is 0 Å². The van der Waals surface area contributed by atoms with Crippen LogP contribution in [0.25, 0.3) is 10.9 Å². The summed E-state index contributed by atoms with van der Waals surface area (Å²) in [5, 5.41) is 0.571. The zero-order chi connectivity index (χ0) is 20.2. The van der Waals surface area contributed by atoms with Crippen LogP contribution in [0.1, 0.15) is 48.5 Å². The number of aromatic nitrogens is 1. The summed E-state index contributed by atoms with van der Waals surface area (Å²) in [6.07, 6.45) is 7.45. The summed E-state index contributed by atoms with van der Waals surface area (Å²) in [5.41, 5.74) is 0.754. The van der Waals surface area contributed by atoms with Gasteiger partial charge in [-0.2, -0.15) is 0 Å². The highest BCUT2D eigenvalue weighted by Crippen LogP contribution is 2.31. The zero-order valence-corrected chi connectivity index (χ0v) is 18.2. The van der Waals surface area contributed by atoms with Crippen molar-refractivity contribution in [2.75, 3.05) is 39.5 Å². The first-order valence-corrected chi connectivity index (χ1v) is 11.2. The predicted molar refractivity (Wildman–Crippen MR) is 116 cm³/mol. The van der Waals surface area contributed by atoms with E-state index in [-0.39, 0.29) is 17.6 Å². The molecule has 7 heteroatoms. The van der Waals surface area contributed by atoms with Gasteiger partial charge < -0.3 is 14.0 Å². The maximum Gasteiger partial charge on any atom is 0.343 e. The smallest absolute Gasteiger partial charge is 0.343 e. The maximum absolute atomic E-state index is 13.0. The SMILES string of the molecule is O=C(OCCN1CCOCC1)c1cn(C2CCCCC2)c2cc(Br)ccc2c1=O. The van der Waals surface area contributed by atoms with E-state index < -0.39 is 5.97 Å². The Labute approximate surface area is 178 Å². The molecule has 1 saturated heterocycles. The summed E-state index contributed by atoms with van der Waals surface area (Å²) in [6.45, 7) is 4.04. The molecule has 4 rings (SSSR count). The van der Waals surface area contributed by atoms with Gasteiger partial charge in [-0.3, -0.25) is 9.69 Å². The van der Waals surface area contributed by atoms with Crippen LogP contribution >= 0.6 is 15.9 Å². The van der Waals surface area contributed by atoms with Crippen LogP contribution in [-0.2, 0) is 9.47 Å². The second kappa shape index (κ2) is 9.41. The van der Waals surface area contributed by atoms with Crippen molar-refractivity contribution >= 4 is 32.8 Å². The van der Waals surface area contributed by atoms with Gasteiger partial charge in [0.05, 0.1) is 18.7 Å². The molecule has 0 bridgehead atoms. The van der Waals surface area contributed by atoms with Gasteiger partial charge in [0.25, 0.3) is 0 Å². The number of morpholine rings is 1. The van der Waals surface area contributed by atoms with Crippen molar-refractivity contribution in [2.24, 2.45) is 0 Å². The summed E-state index contributed by atoms with van der Waals surface area (Å²) in [5.74, 6) is -0.530. The summed E-state index contributed by atoms with van der Waals surface area (Å²) in [7, 11) is 0. The Bertz CT molecular complexity index is 930. The van der Waals surface area contributed by atoms with Gasteiger partial charge in [-0.1, -0.05) is 35.2 Å². The lowest BCUT2D eigenvalue weighted by Gasteiger charge is -2.27. The number of pyridine rings is 1. The first-order valence-electron chi connectivity index (χ1n) is 10.4. The summed E-state index contributed by atoms with van der Waals surface area (Å²) >= 11 is 3.51. The number of fused-ring (bicyclic) bond motifs is 1. The molecule has 29 heavy (non-hydrogen) atoms. The van der Waals surface area contributed by atoms with Crippen molar-refractivity contribution in [1.82, 2.24) is 9.47 Å². The Morgan fingerprint density at radius 1 is 1.17 bits per heavy atom. The molecule has 156 valence electrons. The van der Waals surface area contributed by atoms with Gasteiger partial charge >= 0.3 is 5.97 Å². The Kier molecular flexibility index (Phi) is 6.67. The number of hydrogen-bond acceptors (Lipinski definition) is 5. The van der Waals surface area contributed by atoms with E-state index >= 15 is 0 Å². The van der Waals surface area contributed by atoms with Crippen molar-refractivity contribution in [3.05, 3.63) is 44.7 Å². The van der Waals surface area contributed by atoms with E-state index in [0.29, 0.717) is 31.2 Å². The molecule has 2 heterocycles. The van der Waals surface area contributed by atoms with Gasteiger partial charge in [0, 0.05) is 41.7 Å². The largest absolute Gasteiger partial charge is 0.461 e. The van der Waals surface area contributed by atoms with Crippen LogP contribution in [0.15, 0.2) is 33.7 Å². The molecular weight excluding hydrogens is 436 g/mol. The normalized spacial score (nSPS) is 18.8. The van der Waals surface area contributed by atoms with E-state index in [4.69, 9.17) is 9.47 Å². The lowest BCUT2D eigenvalue weighted by Crippen LogP contribution is -2.38. The van der Waals surface area contributed by atoms with Crippen LogP contribution in [0.4, 0.5) is 0 Å². The molecule has 2 aliphatic rings. The van der Waals surface area contributed by atoms with Crippen molar-refractivity contribution < 1.29 is 14.3 Å². The molecule has 1 aromatic heterocycles. The molecule has 0 unspecified atom stereocenters. The van der Waals surface area contributed by atoms with Crippen LogP contribution < -0.4 is 5.43 Å². The number of carbonyl (C=O) groups excluding carboxylic acids is 1. The Morgan fingerprint density at radius 2 is 1.93 bits per heavy atom. The minimum atomic E-state index is -0.530. The Balaban J connectivity index is 1.59. The van der Waals surface area contributed by atoms with E-state index in [1.165, 1.54) is 19.3 Å². The Hall–Kier alpha value is -1.70. The molecule has 1 saturated carbocycles. The monoisotopic (exact) mass is 462 g/mol. The van der Waals surface area contributed by atoms with Gasteiger partial charge in [0.1, 0.15) is 12.2 Å². The molecule has 0 N–H and O–H groups in total. The third-order valence-corrected chi connectivity index (χ3v) is 6.42. The average molecular weight is 463 g/mol. The van der Waals surface area contributed by atoms with Crippen LogP contribution in [0, 0.1) is 0 Å². The topological polar surface area (TPSA) is 60.8 Å². The number of carbonyl (C=O) groups is 1. The minimum Gasteiger partial charge on any atom is -0.461 e. The highest BCUT2D eigenvalue weighted by molar-refractivity contribution is 9.10. The maximum atomic E-state index is 13.0. The second-order valence-electron chi connectivity index (χ2n) is 7.82. The van der Waals surface area contributed by atoms with Crippen LogP contribution in [0.5, 0.6) is 0 Å². The third-order valence-electron chi connectivity index (χ3n) is 5.93. The molecule has 1 aromatic carbocycles. The van der Waals surface area contributed by atoms with Gasteiger partial charge in [-0.15, -0.1) is 0 Å². The predicted octanol–water partition coefficient (Wildman–Crippen LogP) is 3.76. The van der Waals surface area contributed by atoms with Crippen molar-refractivity contribution in [1.29, 1.82) is 0 Å². The quantitative estimate of drug-likeness (QED) is 0.633. The van der Waals surface area contributed by atoms with Gasteiger partial charge in [-0.05, 0) is 31.0 Å². The van der Waals surface area contributed by atoms with Gasteiger partial charge in [-0.25, -0.2) is 4.79 Å². The van der Waals surface area contributed by atoms with Crippen molar-refractivity contribution in [2.45, 2.75) is 38.1 Å². The second-order valence-corrected chi connectivity index (χ2v) is 8.74. The average Bonchev–Trinajstić information content (AvgIpc) is 2.75. The molecule has 2 aromatic rings. The highest BCUT2D eigenvalue weighted by atomic mass is 79.9. The van der Waals surface area contributed by atoms with Crippen LogP contribution in [-0.4, -0.2) is 54.9 Å². The number of esters is 1. The summed E-state index contributed by atoms with van der Waals surface area (Å²) < 4.78 is 13.9. The van der Waals surface area contributed by atoms with E-state index in [2.05, 4.69) is 25.4 Å². The first-order chi connectivity index (χ1) is 14.1. The van der Waals surface area contributed by atoms with Crippen LogP contribution in [0.3, 0.4) is 0 Å². The standard InChI is InChI=1S/C22H27BrN2O4/c23-16-6-7-18-20(14-16)25(17-4-2-1-3-5-17)15-19(21(18)26)22(27)29-13-10-24-8-11-28-12-9-24/h6-7,14-15,17H,1-5,8-13H2. The number of benzene rings is 1. The number of halogens is 1. The fraction of sp³-hybridized carbons (Fsp3) is 0.545. The minimum absolute atomic E-state index is 0.132. The highest BCUT2D eigenvalue weighted by Gasteiger charge is 2.22. The molecule has 0 spiro atoms. The van der Waals surface area contributed by atoms with Crippen LogP contribution in [0.2, 0.25) is 0 Å². The molecule has 0 amide bonds. The number of rotatable bonds is 5. The van der Waals surface area contributed by atoms with Gasteiger partial charge in [0.2, 0.25) is 5.43 Å². The summed E-state index contributed by atoms with van der Waals surface area (Å²) in [4.78, 5) is 28.0. The molecule has 1 aliphatic carbocycles. The molecule has 2 fully saturated rings. The lowest BCUT2D eigenvalue weighted by atomic mass is 9.94. The summed E-state index contributed by atoms with van der Waals surface area (Å²) in [6, 6.07) is 5.92.